The molecular formula is C11H17N3O. The molecule has 1 aliphatic carbocycles. The maximum absolute atomic E-state index is 11.7. The number of carbonyl (C=O) groups excluding carboxylic acids is 1. The van der Waals surface area contributed by atoms with Crippen molar-refractivity contribution < 1.29 is 4.79 Å². The van der Waals surface area contributed by atoms with Gasteiger partial charge in [0.05, 0.1) is 6.07 Å². The van der Waals surface area contributed by atoms with Gasteiger partial charge in [0.15, 0.2) is 0 Å². The number of urea groups is 1. The summed E-state index contributed by atoms with van der Waals surface area (Å²) < 4.78 is 0. The second-order valence-electron chi connectivity index (χ2n) is 4.47. The molecule has 15 heavy (non-hydrogen) atoms. The predicted octanol–water partition coefficient (Wildman–Crippen LogP) is 1.48. The Hall–Kier alpha value is -1.24. The minimum absolute atomic E-state index is 0.0658. The van der Waals surface area contributed by atoms with Gasteiger partial charge in [-0.25, -0.2) is 4.79 Å². The second-order valence-corrected chi connectivity index (χ2v) is 4.47. The van der Waals surface area contributed by atoms with Gasteiger partial charge in [0, 0.05) is 25.0 Å². The topological polar surface area (TPSA) is 56.1 Å². The molecule has 1 N–H and O–H groups in total. The lowest BCUT2D eigenvalue weighted by Gasteiger charge is -2.33. The van der Waals surface area contributed by atoms with E-state index in [0.717, 1.165) is 38.8 Å². The Morgan fingerprint density at radius 2 is 1.93 bits per heavy atom. The number of nitrogens with one attached hydrogen (secondary N) is 1. The molecule has 2 aliphatic rings. The van der Waals surface area contributed by atoms with E-state index in [1.807, 2.05) is 4.90 Å². The fourth-order valence-corrected chi connectivity index (χ4v) is 2.03. The highest BCUT2D eigenvalue weighted by molar-refractivity contribution is 5.74. The Balaban J connectivity index is 1.74. The Morgan fingerprint density at radius 1 is 1.27 bits per heavy atom. The largest absolute Gasteiger partial charge is 0.335 e. The first-order valence-electron chi connectivity index (χ1n) is 5.74. The van der Waals surface area contributed by atoms with Gasteiger partial charge in [-0.1, -0.05) is 0 Å². The highest BCUT2D eigenvalue weighted by Gasteiger charge is 2.25. The van der Waals surface area contributed by atoms with Crippen molar-refractivity contribution in [2.24, 2.45) is 5.92 Å². The number of hydrogen-bond acceptors (Lipinski definition) is 2. The molecule has 2 rings (SSSR count). The molecule has 1 saturated heterocycles. The average molecular weight is 207 g/mol. The van der Waals surface area contributed by atoms with Crippen molar-refractivity contribution in [3.63, 3.8) is 0 Å². The molecule has 0 unspecified atom stereocenters. The van der Waals surface area contributed by atoms with Crippen LogP contribution in [0.5, 0.6) is 0 Å². The molecular weight excluding hydrogens is 190 g/mol. The third kappa shape index (κ3) is 2.41. The van der Waals surface area contributed by atoms with Crippen LogP contribution in [0.25, 0.3) is 0 Å². The van der Waals surface area contributed by atoms with Crippen molar-refractivity contribution in [3.8, 4) is 6.07 Å². The van der Waals surface area contributed by atoms with Crippen molar-refractivity contribution in [1.29, 1.82) is 5.26 Å². The quantitative estimate of drug-likeness (QED) is 0.708. The van der Waals surface area contributed by atoms with Gasteiger partial charge in [0.1, 0.15) is 0 Å². The molecule has 2 fully saturated rings. The lowest BCUT2D eigenvalue weighted by atomic mass is 9.93. The van der Waals surface area contributed by atoms with Crippen molar-refractivity contribution in [1.82, 2.24) is 10.2 Å². The highest BCUT2D eigenvalue weighted by atomic mass is 16.2. The molecule has 0 aromatic heterocycles. The van der Waals surface area contributed by atoms with Gasteiger partial charge in [-0.3, -0.25) is 0 Å². The van der Waals surface area contributed by atoms with Crippen molar-refractivity contribution in [3.05, 3.63) is 0 Å². The Morgan fingerprint density at radius 3 is 2.40 bits per heavy atom. The summed E-state index contributed by atoms with van der Waals surface area (Å²) in [7, 11) is 0. The summed E-state index contributed by atoms with van der Waals surface area (Å²) in [5, 5.41) is 11.8. The zero-order chi connectivity index (χ0) is 10.7. The Bertz CT molecular complexity index is 272. The zero-order valence-corrected chi connectivity index (χ0v) is 8.91. The fourth-order valence-electron chi connectivity index (χ4n) is 2.03. The van der Waals surface area contributed by atoms with E-state index in [0.29, 0.717) is 6.04 Å². The maximum atomic E-state index is 11.7. The van der Waals surface area contributed by atoms with Crippen molar-refractivity contribution in [2.75, 3.05) is 13.1 Å². The third-order valence-electron chi connectivity index (χ3n) is 3.40. The number of carbonyl (C=O) groups is 1. The summed E-state index contributed by atoms with van der Waals surface area (Å²) in [5.74, 6) is 0.151. The van der Waals surface area contributed by atoms with E-state index in [1.54, 1.807) is 0 Å². The summed E-state index contributed by atoms with van der Waals surface area (Å²) in [6, 6.07) is 2.74. The molecule has 0 bridgehead atoms. The van der Waals surface area contributed by atoms with Crippen LogP contribution in [-0.4, -0.2) is 30.1 Å². The van der Waals surface area contributed by atoms with E-state index >= 15 is 0 Å². The first-order chi connectivity index (χ1) is 7.29. The molecule has 0 radical (unpaired) electrons. The molecule has 1 saturated carbocycles. The van der Waals surface area contributed by atoms with Gasteiger partial charge >= 0.3 is 6.03 Å². The molecule has 0 spiro atoms. The van der Waals surface area contributed by atoms with Crippen LogP contribution in [-0.2, 0) is 0 Å². The van der Waals surface area contributed by atoms with Crippen LogP contribution in [0.15, 0.2) is 0 Å². The summed E-state index contributed by atoms with van der Waals surface area (Å²) in [6.45, 7) is 1.47. The van der Waals surface area contributed by atoms with E-state index in [-0.39, 0.29) is 11.9 Å². The molecule has 4 nitrogen and oxygen atoms in total. The monoisotopic (exact) mass is 207 g/mol. The molecule has 0 aromatic carbocycles. The second kappa shape index (κ2) is 4.52. The number of rotatable bonds is 1. The zero-order valence-electron chi connectivity index (χ0n) is 8.91. The van der Waals surface area contributed by atoms with Crippen LogP contribution >= 0.6 is 0 Å². The molecule has 0 aromatic rings. The average Bonchev–Trinajstić information content (AvgIpc) is 2.23. The molecule has 2 amide bonds. The van der Waals surface area contributed by atoms with E-state index in [1.165, 1.54) is 6.42 Å². The molecule has 1 aliphatic heterocycles. The van der Waals surface area contributed by atoms with Crippen LogP contribution < -0.4 is 5.32 Å². The van der Waals surface area contributed by atoms with Crippen molar-refractivity contribution in [2.45, 2.75) is 38.1 Å². The summed E-state index contributed by atoms with van der Waals surface area (Å²) in [6.07, 6.45) is 5.14. The molecule has 4 heteroatoms. The van der Waals surface area contributed by atoms with E-state index in [2.05, 4.69) is 11.4 Å². The highest BCUT2D eigenvalue weighted by Crippen LogP contribution is 2.20. The normalized spacial score (nSPS) is 23.0. The Labute approximate surface area is 90.2 Å². The summed E-state index contributed by atoms with van der Waals surface area (Å²) >= 11 is 0. The van der Waals surface area contributed by atoms with E-state index < -0.39 is 0 Å². The maximum Gasteiger partial charge on any atom is 0.317 e. The van der Waals surface area contributed by atoms with Crippen LogP contribution in [0.4, 0.5) is 4.79 Å². The van der Waals surface area contributed by atoms with Crippen LogP contribution in [0, 0.1) is 17.2 Å². The molecule has 1 heterocycles. The first-order valence-corrected chi connectivity index (χ1v) is 5.74. The van der Waals surface area contributed by atoms with Gasteiger partial charge < -0.3 is 10.2 Å². The minimum atomic E-state index is 0.0658. The van der Waals surface area contributed by atoms with Gasteiger partial charge in [-0.05, 0) is 32.1 Å². The van der Waals surface area contributed by atoms with E-state index in [9.17, 15) is 4.79 Å². The third-order valence-corrected chi connectivity index (χ3v) is 3.40. The number of nitrogens with zero attached hydrogens (tertiary/aromatic N) is 2. The van der Waals surface area contributed by atoms with Gasteiger partial charge in [0.2, 0.25) is 0 Å². The number of amides is 2. The van der Waals surface area contributed by atoms with Crippen molar-refractivity contribution >= 4 is 6.03 Å². The fraction of sp³-hybridized carbons (Fsp3) is 0.818. The minimum Gasteiger partial charge on any atom is -0.335 e. The smallest absolute Gasteiger partial charge is 0.317 e. The summed E-state index contributed by atoms with van der Waals surface area (Å²) in [4.78, 5) is 13.6. The predicted molar refractivity (Wildman–Crippen MR) is 56.1 cm³/mol. The number of piperidine rings is 1. The number of nitriles is 1. The number of hydrogen-bond donors (Lipinski definition) is 1. The van der Waals surface area contributed by atoms with Crippen LogP contribution in [0.1, 0.15) is 32.1 Å². The standard InChI is InChI=1S/C11H17N3O/c12-8-9-4-6-14(7-5-9)11(15)13-10-2-1-3-10/h9-10H,1-7H2,(H,13,15). The Kier molecular flexibility index (Phi) is 3.10. The van der Waals surface area contributed by atoms with Gasteiger partial charge in [-0.2, -0.15) is 5.26 Å². The lowest BCUT2D eigenvalue weighted by molar-refractivity contribution is 0.169. The SMILES string of the molecule is N#CC1CCN(C(=O)NC2CCC2)CC1. The van der Waals surface area contributed by atoms with E-state index in [4.69, 9.17) is 5.26 Å². The number of likely N-dealkylation sites (tertiary alicyclic amines) is 1. The molecule has 82 valence electrons. The van der Waals surface area contributed by atoms with Gasteiger partial charge in [-0.15, -0.1) is 0 Å². The summed E-state index contributed by atoms with van der Waals surface area (Å²) in [5.41, 5.74) is 0. The first kappa shape index (κ1) is 10.3. The lowest BCUT2D eigenvalue weighted by Crippen LogP contribution is -2.49. The molecule has 0 atom stereocenters. The van der Waals surface area contributed by atoms with Crippen LogP contribution in [0.3, 0.4) is 0 Å². The van der Waals surface area contributed by atoms with Gasteiger partial charge in [0.25, 0.3) is 0 Å². The van der Waals surface area contributed by atoms with Crippen LogP contribution in [0.2, 0.25) is 0 Å².